The molecule has 0 aliphatic carbocycles. The molecule has 0 spiro atoms. The normalized spacial score (nSPS) is 11.5. The molecule has 23 heavy (non-hydrogen) atoms. The summed E-state index contributed by atoms with van der Waals surface area (Å²) in [5.74, 6) is 0.118. The van der Waals surface area contributed by atoms with E-state index in [1.54, 1.807) is 0 Å². The Bertz CT molecular complexity index is 333. The highest BCUT2D eigenvalue weighted by atomic mass is 16.2. The van der Waals surface area contributed by atoms with Gasteiger partial charge in [0.25, 0.3) is 0 Å². The van der Waals surface area contributed by atoms with Gasteiger partial charge in [-0.15, -0.1) is 0 Å². The molecular formula is C21H41NO. The Balaban J connectivity index is 3.93. The highest BCUT2D eigenvalue weighted by Gasteiger charge is 2.28. The van der Waals surface area contributed by atoms with E-state index < -0.39 is 0 Å². The summed E-state index contributed by atoms with van der Waals surface area (Å²) in [6, 6.07) is 0. The van der Waals surface area contributed by atoms with E-state index in [-0.39, 0.29) is 11.4 Å². The topological polar surface area (TPSA) is 20.3 Å². The van der Waals surface area contributed by atoms with Crippen molar-refractivity contribution in [2.24, 2.45) is 0 Å². The van der Waals surface area contributed by atoms with Crippen molar-refractivity contribution < 1.29 is 4.79 Å². The van der Waals surface area contributed by atoms with Crippen LogP contribution in [0.3, 0.4) is 0 Å². The maximum Gasteiger partial charge on any atom is 0.249 e. The van der Waals surface area contributed by atoms with E-state index >= 15 is 0 Å². The van der Waals surface area contributed by atoms with Crippen molar-refractivity contribution in [3.8, 4) is 0 Å². The average molecular weight is 324 g/mol. The van der Waals surface area contributed by atoms with Gasteiger partial charge in [-0.25, -0.2) is 0 Å². The molecule has 0 atom stereocenters. The number of carbonyl (C=O) groups is 1. The molecule has 0 fully saturated rings. The van der Waals surface area contributed by atoms with Gasteiger partial charge in [-0.2, -0.15) is 0 Å². The predicted molar refractivity (Wildman–Crippen MR) is 103 cm³/mol. The minimum atomic E-state index is -0.0741. The number of carbonyl (C=O) groups excluding carboxylic acids is 1. The molecule has 0 saturated heterocycles. The predicted octanol–water partition coefficient (Wildman–Crippen LogP) is 6.50. The molecule has 0 N–H and O–H groups in total. The lowest BCUT2D eigenvalue weighted by molar-refractivity contribution is -0.132. The van der Waals surface area contributed by atoms with E-state index in [1.807, 2.05) is 11.8 Å². The number of hydrogen-bond acceptors (Lipinski definition) is 1. The summed E-state index contributed by atoms with van der Waals surface area (Å²) >= 11 is 0. The summed E-state index contributed by atoms with van der Waals surface area (Å²) in [7, 11) is 0. The van der Waals surface area contributed by atoms with Gasteiger partial charge in [0.1, 0.15) is 0 Å². The third-order valence-corrected chi connectivity index (χ3v) is 4.94. The molecular weight excluding hydrogens is 282 g/mol. The Kier molecular flexibility index (Phi) is 12.2. The van der Waals surface area contributed by atoms with Gasteiger partial charge in [0.15, 0.2) is 0 Å². The van der Waals surface area contributed by atoms with Crippen molar-refractivity contribution in [3.05, 3.63) is 12.2 Å². The van der Waals surface area contributed by atoms with Crippen LogP contribution >= 0.6 is 0 Å². The van der Waals surface area contributed by atoms with Gasteiger partial charge >= 0.3 is 0 Å². The lowest BCUT2D eigenvalue weighted by atomic mass is 9.97. The van der Waals surface area contributed by atoms with Crippen LogP contribution < -0.4 is 0 Å². The molecule has 136 valence electrons. The Morgan fingerprint density at radius 2 is 1.30 bits per heavy atom. The molecule has 1 amide bonds. The number of hydrogen-bond donors (Lipinski definition) is 0. The van der Waals surface area contributed by atoms with E-state index in [2.05, 4.69) is 34.3 Å². The van der Waals surface area contributed by atoms with Crippen LogP contribution in [0, 0.1) is 0 Å². The molecule has 0 rings (SSSR count). The van der Waals surface area contributed by atoms with Crippen LogP contribution in [-0.2, 0) is 4.79 Å². The number of amides is 1. The van der Waals surface area contributed by atoms with E-state index in [0.717, 1.165) is 19.4 Å². The van der Waals surface area contributed by atoms with Crippen molar-refractivity contribution in [1.82, 2.24) is 4.90 Å². The van der Waals surface area contributed by atoms with Crippen molar-refractivity contribution in [2.45, 2.75) is 111 Å². The lowest BCUT2D eigenvalue weighted by Gasteiger charge is -2.38. The first-order valence-corrected chi connectivity index (χ1v) is 9.84. The molecule has 0 aliphatic rings. The quantitative estimate of drug-likeness (QED) is 0.264. The SMILES string of the molecule is C=C(C)C(=O)N(CCCCCCCCCCCC)C(C)(C)CC. The van der Waals surface area contributed by atoms with Crippen LogP contribution in [0.5, 0.6) is 0 Å². The average Bonchev–Trinajstić information content (AvgIpc) is 2.51. The standard InChI is InChI=1S/C21H41NO/c1-7-9-10-11-12-13-14-15-16-17-18-22(20(23)19(3)4)21(5,6)8-2/h3,7-18H2,1-2,4-6H3. The van der Waals surface area contributed by atoms with Gasteiger partial charge in [-0.1, -0.05) is 78.2 Å². The third-order valence-electron chi connectivity index (χ3n) is 4.94. The summed E-state index contributed by atoms with van der Waals surface area (Å²) < 4.78 is 0. The van der Waals surface area contributed by atoms with Gasteiger partial charge in [-0.05, 0) is 33.6 Å². The molecule has 0 aromatic rings. The van der Waals surface area contributed by atoms with Crippen LogP contribution in [0.25, 0.3) is 0 Å². The van der Waals surface area contributed by atoms with Crippen LogP contribution in [0.4, 0.5) is 0 Å². The Morgan fingerprint density at radius 1 is 0.870 bits per heavy atom. The summed E-state index contributed by atoms with van der Waals surface area (Å²) in [5, 5.41) is 0. The summed E-state index contributed by atoms with van der Waals surface area (Å²) in [6.45, 7) is 15.2. The van der Waals surface area contributed by atoms with E-state index in [4.69, 9.17) is 0 Å². The van der Waals surface area contributed by atoms with Gasteiger partial charge in [0, 0.05) is 17.7 Å². The fourth-order valence-corrected chi connectivity index (χ4v) is 2.86. The minimum Gasteiger partial charge on any atom is -0.334 e. The van der Waals surface area contributed by atoms with Crippen LogP contribution in [0.2, 0.25) is 0 Å². The molecule has 0 saturated carbocycles. The van der Waals surface area contributed by atoms with Crippen molar-refractivity contribution >= 4 is 5.91 Å². The smallest absolute Gasteiger partial charge is 0.249 e. The molecule has 0 aromatic heterocycles. The molecule has 0 bridgehead atoms. The number of rotatable bonds is 14. The summed E-state index contributed by atoms with van der Waals surface area (Å²) in [5.41, 5.74) is 0.577. The molecule has 0 unspecified atom stereocenters. The van der Waals surface area contributed by atoms with E-state index in [0.29, 0.717) is 5.57 Å². The van der Waals surface area contributed by atoms with Crippen molar-refractivity contribution in [2.75, 3.05) is 6.54 Å². The highest BCUT2D eigenvalue weighted by Crippen LogP contribution is 2.22. The van der Waals surface area contributed by atoms with E-state index in [1.165, 1.54) is 57.8 Å². The summed E-state index contributed by atoms with van der Waals surface area (Å²) in [6.07, 6.45) is 14.2. The highest BCUT2D eigenvalue weighted by molar-refractivity contribution is 5.92. The first-order chi connectivity index (χ1) is 10.9. The number of unbranched alkanes of at least 4 members (excludes halogenated alkanes) is 9. The monoisotopic (exact) mass is 323 g/mol. The first-order valence-electron chi connectivity index (χ1n) is 9.84. The zero-order valence-corrected chi connectivity index (χ0v) is 16.5. The lowest BCUT2D eigenvalue weighted by Crippen LogP contribution is -2.48. The minimum absolute atomic E-state index is 0.0741. The van der Waals surface area contributed by atoms with Crippen molar-refractivity contribution in [1.29, 1.82) is 0 Å². The van der Waals surface area contributed by atoms with E-state index in [9.17, 15) is 4.79 Å². The Hall–Kier alpha value is -0.790. The molecule has 0 radical (unpaired) electrons. The summed E-state index contributed by atoms with van der Waals surface area (Å²) in [4.78, 5) is 14.4. The molecule has 0 heterocycles. The van der Waals surface area contributed by atoms with Crippen LogP contribution in [0.1, 0.15) is 105 Å². The van der Waals surface area contributed by atoms with Crippen molar-refractivity contribution in [3.63, 3.8) is 0 Å². The molecule has 2 nitrogen and oxygen atoms in total. The Labute approximate surface area is 145 Å². The second kappa shape index (κ2) is 12.6. The van der Waals surface area contributed by atoms with Gasteiger partial charge in [-0.3, -0.25) is 4.79 Å². The second-order valence-electron chi connectivity index (χ2n) is 7.59. The zero-order chi connectivity index (χ0) is 17.7. The van der Waals surface area contributed by atoms with Gasteiger partial charge in [0.2, 0.25) is 5.91 Å². The maximum atomic E-state index is 12.4. The molecule has 2 heteroatoms. The fourth-order valence-electron chi connectivity index (χ4n) is 2.86. The molecule has 0 aliphatic heterocycles. The molecule has 0 aromatic carbocycles. The number of nitrogens with zero attached hydrogens (tertiary/aromatic N) is 1. The largest absolute Gasteiger partial charge is 0.334 e. The third kappa shape index (κ3) is 9.84. The Morgan fingerprint density at radius 3 is 1.70 bits per heavy atom. The first kappa shape index (κ1) is 22.2. The van der Waals surface area contributed by atoms with Gasteiger partial charge < -0.3 is 4.90 Å². The zero-order valence-electron chi connectivity index (χ0n) is 16.5. The maximum absolute atomic E-state index is 12.4. The van der Waals surface area contributed by atoms with Crippen LogP contribution in [-0.4, -0.2) is 22.9 Å². The second-order valence-corrected chi connectivity index (χ2v) is 7.59. The fraction of sp³-hybridized carbons (Fsp3) is 0.857. The van der Waals surface area contributed by atoms with Gasteiger partial charge in [0.05, 0.1) is 0 Å². The van der Waals surface area contributed by atoms with Crippen LogP contribution in [0.15, 0.2) is 12.2 Å².